The third-order valence-corrected chi connectivity index (χ3v) is 4.19. The molecule has 19 heavy (non-hydrogen) atoms. The lowest BCUT2D eigenvalue weighted by atomic mass is 10.2. The highest BCUT2D eigenvalue weighted by Gasteiger charge is 2.16. The van der Waals surface area contributed by atoms with E-state index in [4.69, 9.17) is 0 Å². The Kier molecular flexibility index (Phi) is 3.54. The van der Waals surface area contributed by atoms with Crippen LogP contribution >= 0.6 is 11.8 Å². The van der Waals surface area contributed by atoms with Crippen LogP contribution in [0.25, 0.3) is 11.0 Å². The molecule has 5 nitrogen and oxygen atoms in total. The molecule has 0 aliphatic heterocycles. The monoisotopic (exact) mass is 279 g/mol. The first kappa shape index (κ1) is 13.9. The van der Waals surface area contributed by atoms with E-state index in [1.165, 1.54) is 11.6 Å². The van der Waals surface area contributed by atoms with E-state index in [2.05, 4.69) is 18.8 Å². The van der Waals surface area contributed by atoms with Crippen molar-refractivity contribution < 1.29 is 0 Å². The van der Waals surface area contributed by atoms with Crippen molar-refractivity contribution >= 4 is 22.8 Å². The number of hydrogen-bond donors (Lipinski definition) is 0. The number of pyridine rings is 1. The van der Waals surface area contributed by atoms with Gasteiger partial charge in [-0.3, -0.25) is 13.9 Å². The van der Waals surface area contributed by atoms with Gasteiger partial charge in [0.1, 0.15) is 5.65 Å². The second-order valence-corrected chi connectivity index (χ2v) is 6.43. The fraction of sp³-hybridized carbons (Fsp3) is 0.462. The minimum atomic E-state index is -0.352. The van der Waals surface area contributed by atoms with Crippen molar-refractivity contribution in [2.24, 2.45) is 14.1 Å². The average molecular weight is 279 g/mol. The number of nitrogens with zero attached hydrogens (tertiary/aromatic N) is 3. The van der Waals surface area contributed by atoms with Crippen LogP contribution in [0.2, 0.25) is 0 Å². The minimum absolute atomic E-state index is 0.280. The van der Waals surface area contributed by atoms with E-state index in [9.17, 15) is 9.59 Å². The van der Waals surface area contributed by atoms with Crippen LogP contribution in [0.1, 0.15) is 19.4 Å². The maximum absolute atomic E-state index is 12.4. The zero-order valence-electron chi connectivity index (χ0n) is 11.7. The molecule has 0 saturated heterocycles. The molecule has 0 N–H and O–H groups in total. The molecule has 2 aromatic heterocycles. The summed E-state index contributed by atoms with van der Waals surface area (Å²) in [5.74, 6) is 0. The maximum atomic E-state index is 12.4. The Morgan fingerprint density at radius 3 is 2.42 bits per heavy atom. The number of hydrogen-bond acceptors (Lipinski definition) is 4. The summed E-state index contributed by atoms with van der Waals surface area (Å²) in [6.45, 7) is 6.08. The quantitative estimate of drug-likeness (QED) is 0.781. The summed E-state index contributed by atoms with van der Waals surface area (Å²) in [7, 11) is 3.13. The van der Waals surface area contributed by atoms with Crippen molar-refractivity contribution in [1.29, 1.82) is 0 Å². The van der Waals surface area contributed by atoms with E-state index in [0.29, 0.717) is 16.3 Å². The lowest BCUT2D eigenvalue weighted by molar-refractivity contribution is 0.705. The first-order valence-corrected chi connectivity index (χ1v) is 6.94. The van der Waals surface area contributed by atoms with Crippen LogP contribution in [-0.2, 0) is 14.1 Å². The highest BCUT2D eigenvalue weighted by atomic mass is 32.2. The fourth-order valence-corrected chi connectivity index (χ4v) is 2.99. The van der Waals surface area contributed by atoms with Gasteiger partial charge >= 0.3 is 5.69 Å². The standard InChI is InChI=1S/C13H17N3O2S/c1-7(2)19-10-8(3)6-14-11-9(10)12(17)16(5)13(18)15(11)4/h6-7H,1-5H3. The molecule has 2 rings (SSSR count). The van der Waals surface area contributed by atoms with Crippen LogP contribution in [0.4, 0.5) is 0 Å². The van der Waals surface area contributed by atoms with Gasteiger partial charge in [-0.25, -0.2) is 9.78 Å². The van der Waals surface area contributed by atoms with Gasteiger partial charge in [-0.2, -0.15) is 0 Å². The Labute approximate surface area is 115 Å². The number of aryl methyl sites for hydroxylation is 2. The molecule has 0 fully saturated rings. The van der Waals surface area contributed by atoms with E-state index in [1.807, 2.05) is 6.92 Å². The molecule has 0 amide bonds. The van der Waals surface area contributed by atoms with E-state index in [0.717, 1.165) is 15.0 Å². The van der Waals surface area contributed by atoms with Crippen LogP contribution < -0.4 is 11.2 Å². The molecular weight excluding hydrogens is 262 g/mol. The molecule has 0 radical (unpaired) electrons. The van der Waals surface area contributed by atoms with Gasteiger partial charge in [0.25, 0.3) is 5.56 Å². The van der Waals surface area contributed by atoms with Gasteiger partial charge < -0.3 is 0 Å². The van der Waals surface area contributed by atoms with Crippen molar-refractivity contribution in [3.8, 4) is 0 Å². The predicted molar refractivity (Wildman–Crippen MR) is 78.0 cm³/mol. The number of thioether (sulfide) groups is 1. The van der Waals surface area contributed by atoms with Gasteiger partial charge in [-0.1, -0.05) is 13.8 Å². The van der Waals surface area contributed by atoms with E-state index >= 15 is 0 Å². The predicted octanol–water partition coefficient (Wildman–Crippen LogP) is 1.44. The van der Waals surface area contributed by atoms with E-state index < -0.39 is 0 Å². The summed E-state index contributed by atoms with van der Waals surface area (Å²) in [5, 5.41) is 0.884. The summed E-state index contributed by atoms with van der Waals surface area (Å²) in [6, 6.07) is 0. The molecular formula is C13H17N3O2S. The number of fused-ring (bicyclic) bond motifs is 1. The molecule has 2 aromatic rings. The van der Waals surface area contributed by atoms with Gasteiger partial charge in [0.2, 0.25) is 0 Å². The smallest absolute Gasteiger partial charge is 0.280 e. The van der Waals surface area contributed by atoms with Crippen LogP contribution in [0.3, 0.4) is 0 Å². The molecule has 0 aliphatic rings. The molecule has 6 heteroatoms. The molecule has 0 saturated carbocycles. The summed E-state index contributed by atoms with van der Waals surface area (Å²) in [5.41, 5.74) is 0.774. The van der Waals surface area contributed by atoms with Crippen molar-refractivity contribution in [3.05, 3.63) is 32.6 Å². The normalized spacial score (nSPS) is 11.5. The lowest BCUT2D eigenvalue weighted by Crippen LogP contribution is -2.37. The van der Waals surface area contributed by atoms with Crippen LogP contribution in [0, 0.1) is 6.92 Å². The fourth-order valence-electron chi connectivity index (χ4n) is 1.98. The molecule has 0 spiro atoms. The average Bonchev–Trinajstić information content (AvgIpc) is 2.35. The van der Waals surface area contributed by atoms with Crippen molar-refractivity contribution in [3.63, 3.8) is 0 Å². The summed E-state index contributed by atoms with van der Waals surface area (Å²) >= 11 is 1.62. The first-order valence-electron chi connectivity index (χ1n) is 6.06. The van der Waals surface area contributed by atoms with Gasteiger partial charge in [-0.05, 0) is 12.5 Å². The van der Waals surface area contributed by atoms with Gasteiger partial charge in [0.15, 0.2) is 0 Å². The second kappa shape index (κ2) is 4.85. The molecule has 0 unspecified atom stereocenters. The zero-order chi connectivity index (χ0) is 14.3. The Bertz CT molecular complexity index is 759. The number of rotatable bonds is 2. The minimum Gasteiger partial charge on any atom is -0.280 e. The molecule has 0 aromatic carbocycles. The molecule has 0 aliphatic carbocycles. The van der Waals surface area contributed by atoms with Gasteiger partial charge in [-0.15, -0.1) is 11.8 Å². The Balaban J connectivity index is 3.01. The van der Waals surface area contributed by atoms with Crippen LogP contribution in [0.5, 0.6) is 0 Å². The highest BCUT2D eigenvalue weighted by Crippen LogP contribution is 2.30. The van der Waals surface area contributed by atoms with Crippen molar-refractivity contribution in [1.82, 2.24) is 14.1 Å². The Hall–Kier alpha value is -1.56. The highest BCUT2D eigenvalue weighted by molar-refractivity contribution is 8.00. The van der Waals surface area contributed by atoms with Gasteiger partial charge in [0.05, 0.1) is 5.39 Å². The van der Waals surface area contributed by atoms with E-state index in [-0.39, 0.29) is 11.2 Å². The number of aromatic nitrogens is 3. The maximum Gasteiger partial charge on any atom is 0.332 e. The summed E-state index contributed by atoms with van der Waals surface area (Å²) in [4.78, 5) is 29.4. The van der Waals surface area contributed by atoms with Crippen LogP contribution in [0.15, 0.2) is 20.7 Å². The SMILES string of the molecule is Cc1cnc2c(c1SC(C)C)c(=O)n(C)c(=O)n2C. The topological polar surface area (TPSA) is 56.9 Å². The molecule has 0 bridgehead atoms. The Morgan fingerprint density at radius 1 is 1.21 bits per heavy atom. The zero-order valence-corrected chi connectivity index (χ0v) is 12.5. The lowest BCUT2D eigenvalue weighted by Gasteiger charge is -2.13. The third kappa shape index (κ3) is 2.20. The molecule has 2 heterocycles. The van der Waals surface area contributed by atoms with Crippen LogP contribution in [-0.4, -0.2) is 19.4 Å². The van der Waals surface area contributed by atoms with E-state index in [1.54, 1.807) is 25.0 Å². The Morgan fingerprint density at radius 2 is 1.84 bits per heavy atom. The van der Waals surface area contributed by atoms with Gasteiger partial charge in [0, 0.05) is 30.4 Å². The first-order chi connectivity index (χ1) is 8.84. The summed E-state index contributed by atoms with van der Waals surface area (Å²) in [6.07, 6.45) is 1.71. The second-order valence-electron chi connectivity index (χ2n) is 4.84. The molecule has 102 valence electrons. The third-order valence-electron chi connectivity index (χ3n) is 2.95. The summed E-state index contributed by atoms with van der Waals surface area (Å²) < 4.78 is 2.55. The largest absolute Gasteiger partial charge is 0.332 e. The molecule has 0 atom stereocenters. The van der Waals surface area contributed by atoms with Crippen molar-refractivity contribution in [2.75, 3.05) is 0 Å². The van der Waals surface area contributed by atoms with Crippen molar-refractivity contribution in [2.45, 2.75) is 30.9 Å².